The highest BCUT2D eigenvalue weighted by Crippen LogP contribution is 2.18. The molecule has 7 nitrogen and oxygen atoms in total. The maximum Gasteiger partial charge on any atom is 0.412 e. The van der Waals surface area contributed by atoms with Crippen LogP contribution in [-0.2, 0) is 16.1 Å². The smallest absolute Gasteiger partial charge is 0.412 e. The highest BCUT2D eigenvalue weighted by Gasteiger charge is 2.19. The maximum absolute atomic E-state index is 12.0. The molecule has 1 N–H and O–H groups in total. The molecule has 0 atom stereocenters. The molecule has 1 fully saturated rings. The summed E-state index contributed by atoms with van der Waals surface area (Å²) < 4.78 is 5.30. The number of pyridine rings is 1. The van der Waals surface area contributed by atoms with Crippen LogP contribution in [0.4, 0.5) is 10.5 Å². The van der Waals surface area contributed by atoms with Gasteiger partial charge in [-0.25, -0.2) is 4.79 Å². The predicted molar refractivity (Wildman–Crippen MR) is 91.6 cm³/mol. The number of hydrogen-bond donors (Lipinski definition) is 1. The van der Waals surface area contributed by atoms with E-state index in [1.807, 2.05) is 26.8 Å². The predicted octanol–water partition coefficient (Wildman–Crippen LogP) is 2.09. The molecule has 132 valence electrons. The van der Waals surface area contributed by atoms with Gasteiger partial charge in [-0.1, -0.05) is 0 Å². The van der Waals surface area contributed by atoms with Crippen LogP contribution < -0.4 is 5.32 Å². The molecule has 7 heteroatoms. The maximum atomic E-state index is 12.0. The first kappa shape index (κ1) is 18.2. The zero-order valence-corrected chi connectivity index (χ0v) is 14.6. The van der Waals surface area contributed by atoms with Gasteiger partial charge in [0.25, 0.3) is 0 Å². The minimum absolute atomic E-state index is 0.486. The van der Waals surface area contributed by atoms with Crippen LogP contribution in [0, 0.1) is 0 Å². The highest BCUT2D eigenvalue weighted by atomic mass is 16.6. The van der Waals surface area contributed by atoms with Gasteiger partial charge in [-0.2, -0.15) is 0 Å². The third kappa shape index (κ3) is 5.81. The average Bonchev–Trinajstić information content (AvgIpc) is 2.72. The molecule has 0 bridgehead atoms. The molecule has 2 heterocycles. The summed E-state index contributed by atoms with van der Waals surface area (Å²) in [4.78, 5) is 31.1. The molecule has 0 radical (unpaired) electrons. The van der Waals surface area contributed by atoms with Crippen molar-refractivity contribution in [2.75, 3.05) is 31.5 Å². The standard InChI is InChI=1S/C17H26N4O3/c1-17(2,3)24-16(23)19-15-11-18-6-5-14(15)12-20-7-4-8-21(13-22)10-9-20/h5-6,11,13H,4,7-10,12H2,1-3H3,(H,19,23). The van der Waals surface area contributed by atoms with Crippen molar-refractivity contribution in [2.24, 2.45) is 0 Å². The van der Waals surface area contributed by atoms with E-state index in [1.165, 1.54) is 0 Å². The molecule has 0 saturated carbocycles. The van der Waals surface area contributed by atoms with Gasteiger partial charge in [0, 0.05) is 38.9 Å². The summed E-state index contributed by atoms with van der Waals surface area (Å²) in [6, 6.07) is 1.90. The first-order valence-electron chi connectivity index (χ1n) is 8.22. The van der Waals surface area contributed by atoms with E-state index in [4.69, 9.17) is 4.74 Å². The molecular formula is C17H26N4O3. The molecule has 0 aliphatic carbocycles. The number of hydrogen-bond acceptors (Lipinski definition) is 5. The molecule has 1 aliphatic heterocycles. The number of nitrogens with zero attached hydrogens (tertiary/aromatic N) is 3. The van der Waals surface area contributed by atoms with E-state index in [9.17, 15) is 9.59 Å². The summed E-state index contributed by atoms with van der Waals surface area (Å²) in [5.41, 5.74) is 1.09. The van der Waals surface area contributed by atoms with Crippen LogP contribution in [0.5, 0.6) is 0 Å². The van der Waals surface area contributed by atoms with Crippen LogP contribution in [-0.4, -0.2) is 59.1 Å². The van der Waals surface area contributed by atoms with E-state index in [-0.39, 0.29) is 0 Å². The Kier molecular flexibility index (Phi) is 6.14. The van der Waals surface area contributed by atoms with Gasteiger partial charge >= 0.3 is 6.09 Å². The van der Waals surface area contributed by atoms with Crippen molar-refractivity contribution >= 4 is 18.2 Å². The largest absolute Gasteiger partial charge is 0.444 e. The summed E-state index contributed by atoms with van der Waals surface area (Å²) in [6.45, 7) is 9.42. The van der Waals surface area contributed by atoms with E-state index in [2.05, 4.69) is 15.2 Å². The number of ether oxygens (including phenoxy) is 1. The van der Waals surface area contributed by atoms with Crippen molar-refractivity contribution in [2.45, 2.75) is 39.3 Å². The molecule has 0 spiro atoms. The number of anilines is 1. The van der Waals surface area contributed by atoms with Crippen molar-refractivity contribution in [1.82, 2.24) is 14.8 Å². The summed E-state index contributed by atoms with van der Waals surface area (Å²) in [5.74, 6) is 0. The van der Waals surface area contributed by atoms with E-state index in [1.54, 1.807) is 17.3 Å². The third-order valence-corrected chi connectivity index (χ3v) is 3.71. The van der Waals surface area contributed by atoms with Crippen LogP contribution in [0.2, 0.25) is 0 Å². The van der Waals surface area contributed by atoms with Gasteiger partial charge in [0.1, 0.15) is 5.60 Å². The average molecular weight is 334 g/mol. The van der Waals surface area contributed by atoms with Crippen molar-refractivity contribution in [1.29, 1.82) is 0 Å². The summed E-state index contributed by atoms with van der Waals surface area (Å²) in [7, 11) is 0. The van der Waals surface area contributed by atoms with Gasteiger partial charge in [0.2, 0.25) is 6.41 Å². The SMILES string of the molecule is CC(C)(C)OC(=O)Nc1cnccc1CN1CCCN(C=O)CC1. The Labute approximate surface area is 143 Å². The molecular weight excluding hydrogens is 308 g/mol. The van der Waals surface area contributed by atoms with Crippen molar-refractivity contribution < 1.29 is 14.3 Å². The van der Waals surface area contributed by atoms with E-state index in [0.29, 0.717) is 12.2 Å². The zero-order valence-electron chi connectivity index (χ0n) is 14.6. The minimum atomic E-state index is -0.546. The Balaban J connectivity index is 2.00. The number of rotatable bonds is 4. The molecule has 2 amide bonds. The minimum Gasteiger partial charge on any atom is -0.444 e. The second-order valence-electron chi connectivity index (χ2n) is 6.93. The topological polar surface area (TPSA) is 74.8 Å². The molecule has 24 heavy (non-hydrogen) atoms. The lowest BCUT2D eigenvalue weighted by Crippen LogP contribution is -2.30. The number of nitrogens with one attached hydrogen (secondary N) is 1. The monoisotopic (exact) mass is 334 g/mol. The van der Waals surface area contributed by atoms with Gasteiger partial charge in [-0.05, 0) is 38.8 Å². The number of carbonyl (C=O) groups is 2. The van der Waals surface area contributed by atoms with Crippen LogP contribution in [0.25, 0.3) is 0 Å². The molecule has 1 aliphatic rings. The Hall–Kier alpha value is -2.15. The van der Waals surface area contributed by atoms with Gasteiger partial charge < -0.3 is 9.64 Å². The molecule has 2 rings (SSSR count). The van der Waals surface area contributed by atoms with Gasteiger partial charge in [0.15, 0.2) is 0 Å². The van der Waals surface area contributed by atoms with E-state index >= 15 is 0 Å². The van der Waals surface area contributed by atoms with Crippen LogP contribution >= 0.6 is 0 Å². The fourth-order valence-electron chi connectivity index (χ4n) is 2.58. The Morgan fingerprint density at radius 1 is 1.33 bits per heavy atom. The highest BCUT2D eigenvalue weighted by molar-refractivity contribution is 5.85. The summed E-state index contributed by atoms with van der Waals surface area (Å²) >= 11 is 0. The van der Waals surface area contributed by atoms with Gasteiger partial charge in [0.05, 0.1) is 11.9 Å². The Bertz CT molecular complexity index is 571. The number of amides is 2. The van der Waals surface area contributed by atoms with E-state index in [0.717, 1.165) is 44.6 Å². The van der Waals surface area contributed by atoms with Gasteiger partial charge in [-0.3, -0.25) is 20.0 Å². The van der Waals surface area contributed by atoms with Crippen molar-refractivity contribution in [3.63, 3.8) is 0 Å². The normalized spacial score (nSPS) is 16.4. The molecule has 1 aromatic heterocycles. The Morgan fingerprint density at radius 2 is 2.12 bits per heavy atom. The second-order valence-corrected chi connectivity index (χ2v) is 6.93. The summed E-state index contributed by atoms with van der Waals surface area (Å²) in [6.07, 6.45) is 4.71. The first-order chi connectivity index (χ1) is 11.4. The molecule has 0 unspecified atom stereocenters. The lowest BCUT2D eigenvalue weighted by molar-refractivity contribution is -0.118. The van der Waals surface area contributed by atoms with Crippen LogP contribution in [0.3, 0.4) is 0 Å². The lowest BCUT2D eigenvalue weighted by Gasteiger charge is -2.23. The lowest BCUT2D eigenvalue weighted by atomic mass is 10.2. The molecule has 0 aromatic carbocycles. The second kappa shape index (κ2) is 8.10. The van der Waals surface area contributed by atoms with Gasteiger partial charge in [-0.15, -0.1) is 0 Å². The first-order valence-corrected chi connectivity index (χ1v) is 8.22. The Morgan fingerprint density at radius 3 is 2.83 bits per heavy atom. The quantitative estimate of drug-likeness (QED) is 0.854. The van der Waals surface area contributed by atoms with Crippen LogP contribution in [0.1, 0.15) is 32.8 Å². The van der Waals surface area contributed by atoms with E-state index < -0.39 is 11.7 Å². The zero-order chi connectivity index (χ0) is 17.6. The summed E-state index contributed by atoms with van der Waals surface area (Å²) in [5, 5.41) is 2.78. The van der Waals surface area contributed by atoms with Crippen LogP contribution in [0.15, 0.2) is 18.5 Å². The molecule has 1 saturated heterocycles. The fourth-order valence-corrected chi connectivity index (χ4v) is 2.58. The van der Waals surface area contributed by atoms with Crippen molar-refractivity contribution in [3.05, 3.63) is 24.0 Å². The number of carbonyl (C=O) groups excluding carboxylic acids is 2. The molecule has 1 aromatic rings. The fraction of sp³-hybridized carbons (Fsp3) is 0.588. The number of aromatic nitrogens is 1. The van der Waals surface area contributed by atoms with Crippen molar-refractivity contribution in [3.8, 4) is 0 Å². The third-order valence-electron chi connectivity index (χ3n) is 3.71.